The van der Waals surface area contributed by atoms with Crippen LogP contribution in [-0.4, -0.2) is 34.4 Å². The van der Waals surface area contributed by atoms with E-state index in [1.165, 1.54) is 0 Å². The van der Waals surface area contributed by atoms with Gasteiger partial charge in [-0.25, -0.2) is 4.79 Å². The molecule has 3 N–H and O–H groups in total. The summed E-state index contributed by atoms with van der Waals surface area (Å²) in [5.74, 6) is 0. The smallest absolute Gasteiger partial charge is 0.334 e. The molecule has 0 fully saturated rings. The predicted molar refractivity (Wildman–Crippen MR) is 66.5 cm³/mol. The molecule has 0 aliphatic heterocycles. The Kier molecular flexibility index (Phi) is 8.23. The minimum atomic E-state index is -1.97. The number of nitrogens with two attached hydrogens (primary N) is 1. The molecule has 0 radical (unpaired) electrons. The fourth-order valence-corrected chi connectivity index (χ4v) is 4.06. The molecule has 0 heterocycles. The molecule has 0 rings (SSSR count). The van der Waals surface area contributed by atoms with Crippen LogP contribution in [-0.2, 0) is 8.85 Å². The number of urea groups is 1. The molecule has 0 aromatic carbocycles. The first-order valence-corrected chi connectivity index (χ1v) is 8.37. The number of primary amides is 1. The third-order valence-corrected chi connectivity index (χ3v) is 5.32. The first kappa shape index (κ1) is 15.4. The monoisotopic (exact) mass is 248 g/mol. The van der Waals surface area contributed by atoms with Gasteiger partial charge in [0.25, 0.3) is 0 Å². The molecule has 6 heteroatoms. The van der Waals surface area contributed by atoms with E-state index < -0.39 is 14.6 Å². The molecule has 0 saturated heterocycles. The Morgan fingerprint density at radius 1 is 1.25 bits per heavy atom. The van der Waals surface area contributed by atoms with E-state index in [2.05, 4.69) is 11.9 Å². The Morgan fingerprint density at radius 2 is 1.81 bits per heavy atom. The van der Waals surface area contributed by atoms with Crippen molar-refractivity contribution >= 4 is 14.6 Å². The van der Waals surface area contributed by atoms with E-state index in [0.717, 1.165) is 18.9 Å². The molecule has 0 aromatic heterocycles. The van der Waals surface area contributed by atoms with Crippen LogP contribution in [0.1, 0.15) is 26.7 Å². The number of hydrogen-bond donors (Lipinski definition) is 2. The van der Waals surface area contributed by atoms with Gasteiger partial charge in [0.1, 0.15) is 0 Å². The van der Waals surface area contributed by atoms with Gasteiger partial charge < -0.3 is 19.9 Å². The van der Waals surface area contributed by atoms with Crippen LogP contribution in [0, 0.1) is 0 Å². The minimum absolute atomic E-state index is 0.463. The van der Waals surface area contributed by atoms with Crippen LogP contribution in [0.15, 0.2) is 0 Å². The lowest BCUT2D eigenvalue weighted by molar-refractivity contribution is 0.188. The first-order chi connectivity index (χ1) is 7.54. The van der Waals surface area contributed by atoms with E-state index in [1.807, 2.05) is 13.8 Å². The SMILES string of the molecule is CCO[Si](C)(CCCCNC(N)=O)OCC. The maximum Gasteiger partial charge on any atom is 0.334 e. The number of carbonyl (C=O) groups is 1. The first-order valence-electron chi connectivity index (χ1n) is 5.85. The summed E-state index contributed by atoms with van der Waals surface area (Å²) in [5, 5.41) is 2.57. The van der Waals surface area contributed by atoms with Gasteiger partial charge in [-0.3, -0.25) is 0 Å². The van der Waals surface area contributed by atoms with Crippen molar-refractivity contribution in [2.75, 3.05) is 19.8 Å². The van der Waals surface area contributed by atoms with E-state index in [-0.39, 0.29) is 0 Å². The molecular formula is C10H24N2O3Si. The molecule has 0 bridgehead atoms. The van der Waals surface area contributed by atoms with Gasteiger partial charge in [0, 0.05) is 19.8 Å². The molecule has 5 nitrogen and oxygen atoms in total. The molecule has 2 amide bonds. The summed E-state index contributed by atoms with van der Waals surface area (Å²) in [6, 6.07) is 0.490. The predicted octanol–water partition coefficient (Wildman–Crippen LogP) is 1.58. The van der Waals surface area contributed by atoms with Crippen LogP contribution in [0.2, 0.25) is 12.6 Å². The molecule has 0 spiro atoms. The lowest BCUT2D eigenvalue weighted by atomic mass is 10.3. The lowest BCUT2D eigenvalue weighted by Gasteiger charge is -2.25. The number of amides is 2. The largest absolute Gasteiger partial charge is 0.395 e. The molecule has 0 aromatic rings. The molecule has 0 aliphatic carbocycles. The third kappa shape index (κ3) is 7.67. The van der Waals surface area contributed by atoms with Gasteiger partial charge in [-0.05, 0) is 39.3 Å². The maximum absolute atomic E-state index is 10.4. The van der Waals surface area contributed by atoms with Gasteiger partial charge in [-0.1, -0.05) is 0 Å². The zero-order valence-corrected chi connectivity index (χ0v) is 11.5. The van der Waals surface area contributed by atoms with Gasteiger partial charge >= 0.3 is 14.6 Å². The highest BCUT2D eigenvalue weighted by molar-refractivity contribution is 6.66. The Hall–Kier alpha value is -0.593. The topological polar surface area (TPSA) is 73.6 Å². The molecule has 0 aliphatic rings. The lowest BCUT2D eigenvalue weighted by Crippen LogP contribution is -2.38. The summed E-state index contributed by atoms with van der Waals surface area (Å²) in [6.07, 6.45) is 1.90. The van der Waals surface area contributed by atoms with Crippen molar-refractivity contribution < 1.29 is 13.6 Å². The normalized spacial score (nSPS) is 11.4. The van der Waals surface area contributed by atoms with E-state index in [0.29, 0.717) is 19.8 Å². The number of nitrogens with one attached hydrogen (secondary N) is 1. The highest BCUT2D eigenvalue weighted by Crippen LogP contribution is 2.16. The van der Waals surface area contributed by atoms with E-state index in [9.17, 15) is 4.79 Å². The molecule has 96 valence electrons. The Balaban J connectivity index is 3.71. The van der Waals surface area contributed by atoms with Gasteiger partial charge in [-0.2, -0.15) is 0 Å². The van der Waals surface area contributed by atoms with Crippen molar-refractivity contribution in [1.29, 1.82) is 0 Å². The summed E-state index contributed by atoms with van der Waals surface area (Å²) in [6.45, 7) is 8.07. The summed E-state index contributed by atoms with van der Waals surface area (Å²) in [7, 11) is -1.97. The number of unbranched alkanes of at least 4 members (excludes halogenated alkanes) is 1. The summed E-state index contributed by atoms with van der Waals surface area (Å²) in [4.78, 5) is 10.4. The molecule has 0 unspecified atom stereocenters. The summed E-state index contributed by atoms with van der Waals surface area (Å²) >= 11 is 0. The van der Waals surface area contributed by atoms with Crippen LogP contribution >= 0.6 is 0 Å². The second-order valence-electron chi connectivity index (χ2n) is 3.75. The Bertz CT molecular complexity index is 197. The van der Waals surface area contributed by atoms with Gasteiger partial charge in [0.2, 0.25) is 0 Å². The average Bonchev–Trinajstić information content (AvgIpc) is 2.17. The van der Waals surface area contributed by atoms with Crippen molar-refractivity contribution in [2.45, 2.75) is 39.3 Å². The number of hydrogen-bond acceptors (Lipinski definition) is 3. The van der Waals surface area contributed by atoms with Gasteiger partial charge in [0.05, 0.1) is 0 Å². The van der Waals surface area contributed by atoms with E-state index in [4.69, 9.17) is 14.6 Å². The molecular weight excluding hydrogens is 224 g/mol. The third-order valence-electron chi connectivity index (χ3n) is 2.26. The quantitative estimate of drug-likeness (QED) is 0.480. The van der Waals surface area contributed by atoms with Crippen molar-refractivity contribution in [2.24, 2.45) is 5.73 Å². The van der Waals surface area contributed by atoms with Crippen LogP contribution < -0.4 is 11.1 Å². The summed E-state index contributed by atoms with van der Waals surface area (Å²) < 4.78 is 11.4. The van der Waals surface area contributed by atoms with Crippen LogP contribution in [0.25, 0.3) is 0 Å². The number of carbonyl (C=O) groups excluding carboxylic acids is 1. The molecule has 0 saturated carbocycles. The Morgan fingerprint density at radius 3 is 2.25 bits per heavy atom. The highest BCUT2D eigenvalue weighted by Gasteiger charge is 2.29. The van der Waals surface area contributed by atoms with Crippen molar-refractivity contribution in [1.82, 2.24) is 5.32 Å². The van der Waals surface area contributed by atoms with E-state index in [1.54, 1.807) is 0 Å². The number of rotatable bonds is 9. The second kappa shape index (κ2) is 8.55. The molecule has 16 heavy (non-hydrogen) atoms. The average molecular weight is 248 g/mol. The van der Waals surface area contributed by atoms with E-state index >= 15 is 0 Å². The van der Waals surface area contributed by atoms with Crippen molar-refractivity contribution in [3.63, 3.8) is 0 Å². The zero-order valence-electron chi connectivity index (χ0n) is 10.5. The van der Waals surface area contributed by atoms with Crippen LogP contribution in [0.3, 0.4) is 0 Å². The zero-order chi connectivity index (χ0) is 12.4. The molecule has 0 atom stereocenters. The fraction of sp³-hybridized carbons (Fsp3) is 0.900. The van der Waals surface area contributed by atoms with Crippen molar-refractivity contribution in [3.8, 4) is 0 Å². The fourth-order valence-electron chi connectivity index (χ4n) is 1.58. The van der Waals surface area contributed by atoms with Crippen molar-refractivity contribution in [3.05, 3.63) is 0 Å². The van der Waals surface area contributed by atoms with Gasteiger partial charge in [-0.15, -0.1) is 0 Å². The maximum atomic E-state index is 10.4. The van der Waals surface area contributed by atoms with Crippen LogP contribution in [0.4, 0.5) is 4.79 Å². The second-order valence-corrected chi connectivity index (χ2v) is 7.09. The standard InChI is InChI=1S/C10H24N2O3Si/c1-4-14-16(3,15-5-2)9-7-6-8-12-10(11)13/h4-9H2,1-3H3,(H3,11,12,13). The minimum Gasteiger partial charge on any atom is -0.395 e. The summed E-state index contributed by atoms with van der Waals surface area (Å²) in [5.41, 5.74) is 4.97. The van der Waals surface area contributed by atoms with Crippen LogP contribution in [0.5, 0.6) is 0 Å². The van der Waals surface area contributed by atoms with Gasteiger partial charge in [0.15, 0.2) is 0 Å². The Labute approximate surface area is 98.9 Å². The highest BCUT2D eigenvalue weighted by atomic mass is 28.4.